The van der Waals surface area contributed by atoms with E-state index in [0.717, 1.165) is 0 Å². The number of hydrogen-bond donors (Lipinski definition) is 3. The smallest absolute Gasteiger partial charge is 0.257 e. The van der Waals surface area contributed by atoms with E-state index in [1.54, 1.807) is 17.2 Å². The zero-order valence-electron chi connectivity index (χ0n) is 9.93. The molecule has 1 saturated heterocycles. The lowest BCUT2D eigenvalue weighted by Gasteiger charge is -2.31. The van der Waals surface area contributed by atoms with Crippen LogP contribution in [0.1, 0.15) is 32.8 Å². The predicted molar refractivity (Wildman–Crippen MR) is 67.1 cm³/mol. The lowest BCUT2D eigenvalue weighted by molar-refractivity contribution is 0.0924. The van der Waals surface area contributed by atoms with Gasteiger partial charge in [-0.15, -0.1) is 0 Å². The number of hydrogen-bond acceptors (Lipinski definition) is 6. The van der Waals surface area contributed by atoms with Crippen LogP contribution in [0.5, 0.6) is 0 Å². The molecule has 3 aliphatic rings. The van der Waals surface area contributed by atoms with E-state index in [0.29, 0.717) is 35.7 Å². The Bertz CT molecular complexity index is 639. The van der Waals surface area contributed by atoms with Gasteiger partial charge in [0.1, 0.15) is 0 Å². The molecule has 1 atom stereocenters. The highest BCUT2D eigenvalue weighted by atomic mass is 16.2. The zero-order valence-corrected chi connectivity index (χ0v) is 9.93. The van der Waals surface area contributed by atoms with E-state index in [-0.39, 0.29) is 18.0 Å². The van der Waals surface area contributed by atoms with Crippen molar-refractivity contribution in [3.8, 4) is 0 Å². The van der Waals surface area contributed by atoms with E-state index < -0.39 is 0 Å². The van der Waals surface area contributed by atoms with Gasteiger partial charge in [-0.1, -0.05) is 6.08 Å². The van der Waals surface area contributed by atoms with Gasteiger partial charge in [0.25, 0.3) is 5.91 Å². The van der Waals surface area contributed by atoms with Crippen LogP contribution >= 0.6 is 0 Å². The third-order valence-electron chi connectivity index (χ3n) is 3.45. The average molecular weight is 257 g/mol. The Balaban J connectivity index is 1.93. The van der Waals surface area contributed by atoms with Gasteiger partial charge in [-0.2, -0.15) is 0 Å². The number of pyridine rings is 1. The van der Waals surface area contributed by atoms with Gasteiger partial charge >= 0.3 is 0 Å². The maximum Gasteiger partial charge on any atom is 0.257 e. The summed E-state index contributed by atoms with van der Waals surface area (Å²) in [4.78, 5) is 28.3. The molecule has 3 heterocycles. The average Bonchev–Trinajstić information content (AvgIpc) is 2.86. The second kappa shape index (κ2) is 3.62. The van der Waals surface area contributed by atoms with Crippen LogP contribution < -0.4 is 21.1 Å². The number of nitrogens with zero attached hydrogens (tertiary/aromatic N) is 2. The van der Waals surface area contributed by atoms with Crippen LogP contribution in [0.15, 0.2) is 12.1 Å². The highest BCUT2D eigenvalue weighted by Crippen LogP contribution is 2.28. The molecule has 4 rings (SSSR count). The number of amides is 1. The van der Waals surface area contributed by atoms with Crippen molar-refractivity contribution in [2.45, 2.75) is 12.7 Å². The lowest BCUT2D eigenvalue weighted by atomic mass is 9.98. The summed E-state index contributed by atoms with van der Waals surface area (Å²) in [6.45, 7) is 0.553. The zero-order chi connectivity index (χ0) is 13.0. The molecular formula is C12H11N5O2. The fourth-order valence-corrected chi connectivity index (χ4v) is 2.53. The fourth-order valence-electron chi connectivity index (χ4n) is 2.53. The molecule has 1 aromatic heterocycles. The monoisotopic (exact) mass is 257 g/mol. The Morgan fingerprint density at radius 1 is 1.32 bits per heavy atom. The number of nitrogens with one attached hydrogen (secondary N) is 3. The Morgan fingerprint density at radius 3 is 3.11 bits per heavy atom. The molecule has 7 heteroatoms. The van der Waals surface area contributed by atoms with Crippen molar-refractivity contribution >= 4 is 23.6 Å². The maximum atomic E-state index is 12.0. The first-order valence-electron chi connectivity index (χ1n) is 6.06. The minimum Gasteiger partial charge on any atom is -0.318 e. The van der Waals surface area contributed by atoms with Crippen molar-refractivity contribution in [2.75, 3.05) is 11.7 Å². The summed E-state index contributed by atoms with van der Waals surface area (Å²) in [6, 6.07) is 1.63. The summed E-state index contributed by atoms with van der Waals surface area (Å²) < 4.78 is 0. The molecule has 1 fully saturated rings. The second-order valence-electron chi connectivity index (χ2n) is 4.61. The normalized spacial score (nSPS) is 23.8. The number of anilines is 1. The molecule has 7 nitrogen and oxygen atoms in total. The molecule has 2 aliphatic heterocycles. The Hall–Kier alpha value is -2.25. The molecule has 0 spiro atoms. The Kier molecular flexibility index (Phi) is 2.03. The van der Waals surface area contributed by atoms with E-state index in [9.17, 15) is 9.59 Å². The van der Waals surface area contributed by atoms with Crippen molar-refractivity contribution in [2.24, 2.45) is 0 Å². The summed E-state index contributed by atoms with van der Waals surface area (Å²) in [5.74, 6) is 0.331. The molecule has 19 heavy (non-hydrogen) atoms. The van der Waals surface area contributed by atoms with Crippen molar-refractivity contribution < 1.29 is 9.59 Å². The number of carbonyl (C=O) groups is 2. The van der Waals surface area contributed by atoms with Crippen LogP contribution in [0.4, 0.5) is 5.82 Å². The van der Waals surface area contributed by atoms with E-state index in [1.807, 2.05) is 6.08 Å². The first-order valence-corrected chi connectivity index (χ1v) is 6.06. The van der Waals surface area contributed by atoms with E-state index >= 15 is 0 Å². The highest BCUT2D eigenvalue weighted by molar-refractivity contribution is 6.07. The number of fused-ring (bicyclic) bond motifs is 4. The summed E-state index contributed by atoms with van der Waals surface area (Å²) >= 11 is 0. The SMILES string of the molecule is O=C1CC=Cc2nc3c(cc21)C(=O)NC1NCNN31. The summed E-state index contributed by atoms with van der Waals surface area (Å²) in [7, 11) is 0. The lowest BCUT2D eigenvalue weighted by Crippen LogP contribution is -2.56. The van der Waals surface area contributed by atoms with Crippen LogP contribution in [0.3, 0.4) is 0 Å². The number of aromatic nitrogens is 1. The number of carbonyl (C=O) groups excluding carboxylic acids is 2. The molecule has 0 bridgehead atoms. The van der Waals surface area contributed by atoms with Crippen LogP contribution in [0.25, 0.3) is 6.08 Å². The van der Waals surface area contributed by atoms with Crippen molar-refractivity contribution in [3.05, 3.63) is 29.0 Å². The van der Waals surface area contributed by atoms with Crippen molar-refractivity contribution in [1.29, 1.82) is 0 Å². The molecule has 1 aliphatic carbocycles. The van der Waals surface area contributed by atoms with Gasteiger partial charge in [-0.25, -0.2) is 10.4 Å². The summed E-state index contributed by atoms with van der Waals surface area (Å²) in [5.41, 5.74) is 4.65. The van der Waals surface area contributed by atoms with Crippen molar-refractivity contribution in [3.63, 3.8) is 0 Å². The molecule has 1 aromatic rings. The topological polar surface area (TPSA) is 86.4 Å². The summed E-state index contributed by atoms with van der Waals surface area (Å²) in [6.07, 6.45) is 3.68. The van der Waals surface area contributed by atoms with Gasteiger partial charge < -0.3 is 5.32 Å². The van der Waals surface area contributed by atoms with Crippen molar-refractivity contribution in [1.82, 2.24) is 21.0 Å². The molecule has 0 radical (unpaired) electrons. The number of ketones is 1. The van der Waals surface area contributed by atoms with Crippen LogP contribution in [0.2, 0.25) is 0 Å². The third-order valence-corrected chi connectivity index (χ3v) is 3.45. The Morgan fingerprint density at radius 2 is 2.21 bits per heavy atom. The minimum atomic E-state index is -0.297. The van der Waals surface area contributed by atoms with Crippen LogP contribution in [0, 0.1) is 0 Å². The largest absolute Gasteiger partial charge is 0.318 e. The Labute approximate surface area is 108 Å². The number of rotatable bonds is 0. The molecule has 1 unspecified atom stereocenters. The van der Waals surface area contributed by atoms with Crippen LogP contribution in [-0.4, -0.2) is 29.6 Å². The van der Waals surface area contributed by atoms with Gasteiger partial charge in [0.05, 0.1) is 17.9 Å². The fraction of sp³-hybridized carbons (Fsp3) is 0.250. The number of allylic oxidation sites excluding steroid dienone is 1. The molecule has 96 valence electrons. The predicted octanol–water partition coefficient (Wildman–Crippen LogP) is -0.420. The minimum absolute atomic E-state index is 0.00442. The van der Waals surface area contributed by atoms with Gasteiger partial charge in [0.15, 0.2) is 17.9 Å². The van der Waals surface area contributed by atoms with Gasteiger partial charge in [0, 0.05) is 12.0 Å². The van der Waals surface area contributed by atoms with Gasteiger partial charge in [0.2, 0.25) is 0 Å². The first kappa shape index (κ1) is 10.7. The van der Waals surface area contributed by atoms with E-state index in [2.05, 4.69) is 21.0 Å². The number of hydrazine groups is 1. The van der Waals surface area contributed by atoms with E-state index in [4.69, 9.17) is 0 Å². The third kappa shape index (κ3) is 1.42. The second-order valence-corrected chi connectivity index (χ2v) is 4.61. The molecule has 3 N–H and O–H groups in total. The quantitative estimate of drug-likeness (QED) is 0.585. The van der Waals surface area contributed by atoms with E-state index in [1.165, 1.54) is 0 Å². The molecule has 1 amide bonds. The highest BCUT2D eigenvalue weighted by Gasteiger charge is 2.36. The first-order chi connectivity index (χ1) is 9.24. The summed E-state index contributed by atoms with van der Waals surface area (Å²) in [5, 5.41) is 7.64. The maximum absolute atomic E-state index is 12.0. The molecule has 0 saturated carbocycles. The standard InChI is InChI=1S/C12H11N5O2/c18-9-3-1-2-8-6(9)4-7-10(15-8)17-12(13-5-14-17)16-11(7)19/h1-2,4,12-14H,3,5H2,(H,16,19). The van der Waals surface area contributed by atoms with Crippen LogP contribution in [-0.2, 0) is 0 Å². The van der Waals surface area contributed by atoms with Gasteiger partial charge in [-0.05, 0) is 12.1 Å². The number of Topliss-reactive ketones (excluding diaryl/α,β-unsaturated/α-hetero) is 1. The molecular weight excluding hydrogens is 246 g/mol. The van der Waals surface area contributed by atoms with Gasteiger partial charge in [-0.3, -0.25) is 19.9 Å². The molecule has 0 aromatic carbocycles.